The Labute approximate surface area is 195 Å². The van der Waals surface area contributed by atoms with Crippen LogP contribution in [-0.4, -0.2) is 27.0 Å². The fraction of sp³-hybridized carbons (Fsp3) is 0.963. The number of aliphatic hydroxyl groups is 1. The van der Waals surface area contributed by atoms with Gasteiger partial charge in [-0.1, -0.05) is 59.0 Å². The van der Waals surface area contributed by atoms with E-state index in [-0.39, 0.29) is 10.8 Å². The molecule has 3 nitrogen and oxygen atoms in total. The van der Waals surface area contributed by atoms with Gasteiger partial charge in [-0.25, -0.2) is 0 Å². The molecule has 0 aromatic rings. The van der Waals surface area contributed by atoms with Crippen LogP contribution in [0.15, 0.2) is 5.16 Å². The normalized spacial score (nSPS) is 49.5. The van der Waals surface area contributed by atoms with Crippen molar-refractivity contribution in [2.24, 2.45) is 51.5 Å². The van der Waals surface area contributed by atoms with Crippen LogP contribution in [0.3, 0.4) is 0 Å². The van der Waals surface area contributed by atoms with Crippen LogP contribution >= 0.6 is 11.6 Å². The number of fused-ring (bicyclic) bond motifs is 5. The van der Waals surface area contributed by atoms with E-state index in [1.54, 1.807) is 0 Å². The quantitative estimate of drug-likeness (QED) is 0.262. The van der Waals surface area contributed by atoms with Crippen LogP contribution in [0.1, 0.15) is 105 Å². The molecule has 0 unspecified atom stereocenters. The fourth-order valence-electron chi connectivity index (χ4n) is 9.16. The summed E-state index contributed by atoms with van der Waals surface area (Å²) >= 11 is 6.52. The summed E-state index contributed by atoms with van der Waals surface area (Å²) in [6, 6.07) is 0. The minimum Gasteiger partial charge on any atom is -0.411 e. The molecular weight excluding hydrogens is 406 g/mol. The second-order valence-electron chi connectivity index (χ2n) is 12.8. The van der Waals surface area contributed by atoms with E-state index in [1.807, 2.05) is 0 Å². The van der Waals surface area contributed by atoms with E-state index < -0.39 is 5.60 Å². The molecule has 178 valence electrons. The van der Waals surface area contributed by atoms with Gasteiger partial charge >= 0.3 is 0 Å². The molecule has 4 fully saturated rings. The second-order valence-corrected chi connectivity index (χ2v) is 13.4. The molecule has 0 aromatic heterocycles. The molecule has 4 aliphatic carbocycles. The number of oxime groups is 1. The molecule has 4 saturated carbocycles. The molecule has 0 aliphatic heterocycles. The SMILES string of the molecule is CC(C)CCC[C@@H](C)[C@H]1CC[C@H]2[C@@H]3C/C(=N\O)[C@@]4(O)C[C@@H](Cl)CC[C@]4(C)[C@H]3CC[C@]12C. The van der Waals surface area contributed by atoms with Gasteiger partial charge in [-0.15, -0.1) is 11.6 Å². The highest BCUT2D eigenvalue weighted by molar-refractivity contribution is 6.21. The number of rotatable bonds is 5. The molecule has 4 heteroatoms. The summed E-state index contributed by atoms with van der Waals surface area (Å²) in [7, 11) is 0. The van der Waals surface area contributed by atoms with E-state index in [4.69, 9.17) is 11.6 Å². The summed E-state index contributed by atoms with van der Waals surface area (Å²) in [5, 5.41) is 25.5. The van der Waals surface area contributed by atoms with Crippen molar-refractivity contribution >= 4 is 17.3 Å². The lowest BCUT2D eigenvalue weighted by Crippen LogP contribution is -2.66. The van der Waals surface area contributed by atoms with Crippen LogP contribution in [0.25, 0.3) is 0 Å². The van der Waals surface area contributed by atoms with E-state index in [0.717, 1.165) is 37.0 Å². The Balaban J connectivity index is 1.57. The van der Waals surface area contributed by atoms with Gasteiger partial charge in [0.05, 0.1) is 5.71 Å². The summed E-state index contributed by atoms with van der Waals surface area (Å²) < 4.78 is 0. The van der Waals surface area contributed by atoms with Crippen molar-refractivity contribution in [3.8, 4) is 0 Å². The van der Waals surface area contributed by atoms with E-state index in [2.05, 4.69) is 39.8 Å². The third kappa shape index (κ3) is 3.69. The van der Waals surface area contributed by atoms with E-state index >= 15 is 0 Å². The van der Waals surface area contributed by atoms with Crippen LogP contribution in [0.5, 0.6) is 0 Å². The first-order valence-corrected chi connectivity index (χ1v) is 13.6. The molecule has 4 aliphatic rings. The van der Waals surface area contributed by atoms with Crippen LogP contribution in [-0.2, 0) is 0 Å². The predicted octanol–water partition coefficient (Wildman–Crippen LogP) is 7.27. The Morgan fingerprint density at radius 3 is 2.45 bits per heavy atom. The molecule has 0 spiro atoms. The standard InChI is InChI=1S/C27H46ClNO2/c1-17(2)7-6-8-18(3)21-9-10-22-20-15-24(29-31)27(30)16-19(28)11-14-26(27,5)23(20)12-13-25(21,22)4/h17-23,30-31H,6-16H2,1-5H3/b29-24+/t18-,19+,20+,21-,22+,23+,25-,26-,27+/m1/s1. The molecule has 31 heavy (non-hydrogen) atoms. The van der Waals surface area contributed by atoms with Crippen LogP contribution in [0, 0.1) is 46.3 Å². The van der Waals surface area contributed by atoms with E-state index in [9.17, 15) is 10.3 Å². The van der Waals surface area contributed by atoms with Gasteiger partial charge in [0.25, 0.3) is 0 Å². The Kier molecular flexibility index (Phi) is 6.54. The molecular formula is C27H46ClNO2. The molecule has 0 amide bonds. The number of alkyl halides is 1. The first-order valence-electron chi connectivity index (χ1n) is 13.1. The highest BCUT2D eigenvalue weighted by atomic mass is 35.5. The molecule has 0 bridgehead atoms. The summed E-state index contributed by atoms with van der Waals surface area (Å²) in [5.41, 5.74) is -0.234. The third-order valence-electron chi connectivity index (χ3n) is 10.9. The van der Waals surface area contributed by atoms with E-state index in [1.165, 1.54) is 44.9 Å². The molecule has 2 N–H and O–H groups in total. The Hall–Kier alpha value is -0.280. The van der Waals surface area contributed by atoms with Crippen molar-refractivity contribution in [1.82, 2.24) is 0 Å². The third-order valence-corrected chi connectivity index (χ3v) is 11.3. The number of hydrogen-bond donors (Lipinski definition) is 2. The van der Waals surface area contributed by atoms with Crippen LogP contribution in [0.2, 0.25) is 0 Å². The largest absolute Gasteiger partial charge is 0.411 e. The van der Waals surface area contributed by atoms with Crippen LogP contribution < -0.4 is 0 Å². The molecule has 0 saturated heterocycles. The number of halogens is 1. The second kappa shape index (κ2) is 8.49. The zero-order valence-electron chi connectivity index (χ0n) is 20.5. The summed E-state index contributed by atoms with van der Waals surface area (Å²) in [4.78, 5) is 0. The highest BCUT2D eigenvalue weighted by Crippen LogP contribution is 2.68. The maximum Gasteiger partial charge on any atom is 0.113 e. The van der Waals surface area contributed by atoms with Crippen molar-refractivity contribution in [2.75, 3.05) is 0 Å². The highest BCUT2D eigenvalue weighted by Gasteiger charge is 2.67. The maximum absolute atomic E-state index is 11.8. The van der Waals surface area contributed by atoms with Gasteiger partial charge in [0.1, 0.15) is 5.60 Å². The minimum atomic E-state index is -1.04. The first-order chi connectivity index (χ1) is 14.6. The summed E-state index contributed by atoms with van der Waals surface area (Å²) in [5.74, 6) is 4.15. The lowest BCUT2D eigenvalue weighted by atomic mass is 9.42. The molecule has 9 atom stereocenters. The Bertz CT molecular complexity index is 695. The zero-order valence-corrected chi connectivity index (χ0v) is 21.3. The van der Waals surface area contributed by atoms with Gasteiger partial charge in [-0.2, -0.15) is 0 Å². The maximum atomic E-state index is 11.8. The summed E-state index contributed by atoms with van der Waals surface area (Å²) in [6.07, 6.45) is 12.4. The minimum absolute atomic E-state index is 0.0252. The monoisotopic (exact) mass is 451 g/mol. The predicted molar refractivity (Wildman–Crippen MR) is 129 cm³/mol. The van der Waals surface area contributed by atoms with Gasteiger partial charge in [0.2, 0.25) is 0 Å². The lowest BCUT2D eigenvalue weighted by Gasteiger charge is -2.64. The lowest BCUT2D eigenvalue weighted by molar-refractivity contribution is -0.152. The Morgan fingerprint density at radius 2 is 1.77 bits per heavy atom. The smallest absolute Gasteiger partial charge is 0.113 e. The number of nitrogens with zero attached hydrogens (tertiary/aromatic N) is 1. The average molecular weight is 452 g/mol. The van der Waals surface area contributed by atoms with Gasteiger partial charge < -0.3 is 10.3 Å². The van der Waals surface area contributed by atoms with Crippen molar-refractivity contribution in [1.29, 1.82) is 0 Å². The zero-order chi connectivity index (χ0) is 22.6. The molecule has 0 radical (unpaired) electrons. The fourth-order valence-corrected chi connectivity index (χ4v) is 9.49. The molecule has 0 heterocycles. The topological polar surface area (TPSA) is 52.8 Å². The van der Waals surface area contributed by atoms with Crippen molar-refractivity contribution in [3.63, 3.8) is 0 Å². The van der Waals surface area contributed by atoms with Gasteiger partial charge in [0.15, 0.2) is 0 Å². The van der Waals surface area contributed by atoms with Crippen molar-refractivity contribution in [3.05, 3.63) is 0 Å². The summed E-state index contributed by atoms with van der Waals surface area (Å²) in [6.45, 7) is 12.0. The molecule has 4 rings (SSSR count). The molecule has 0 aromatic carbocycles. The van der Waals surface area contributed by atoms with Crippen molar-refractivity contribution in [2.45, 2.75) is 116 Å². The average Bonchev–Trinajstić information content (AvgIpc) is 3.05. The van der Waals surface area contributed by atoms with Crippen LogP contribution in [0.4, 0.5) is 0 Å². The number of hydrogen-bond acceptors (Lipinski definition) is 3. The Morgan fingerprint density at radius 1 is 1.03 bits per heavy atom. The van der Waals surface area contributed by atoms with Crippen molar-refractivity contribution < 1.29 is 10.3 Å². The van der Waals surface area contributed by atoms with Gasteiger partial charge in [-0.3, -0.25) is 0 Å². The first kappa shape index (κ1) is 23.9. The van der Waals surface area contributed by atoms with Gasteiger partial charge in [-0.05, 0) is 92.3 Å². The van der Waals surface area contributed by atoms with E-state index in [0.29, 0.717) is 35.3 Å². The van der Waals surface area contributed by atoms with Gasteiger partial charge in [0, 0.05) is 10.8 Å².